The van der Waals surface area contributed by atoms with Crippen molar-refractivity contribution < 1.29 is 9.59 Å². The number of likely N-dealkylation sites (tertiary alicyclic amines) is 1. The molecule has 5 rings (SSSR count). The Morgan fingerprint density at radius 2 is 1.40 bits per heavy atom. The molecule has 0 N–H and O–H groups in total. The van der Waals surface area contributed by atoms with Crippen LogP contribution in [0.15, 0.2) is 42.7 Å². The van der Waals surface area contributed by atoms with E-state index in [1.165, 1.54) is 4.90 Å². The summed E-state index contributed by atoms with van der Waals surface area (Å²) in [6, 6.07) is 9.78. The van der Waals surface area contributed by atoms with Crippen molar-refractivity contribution in [2.45, 2.75) is 31.1 Å². The normalized spacial score (nSPS) is 23.7. The number of aromatic nitrogens is 2. The summed E-state index contributed by atoms with van der Waals surface area (Å²) in [6.07, 6.45) is 6.06. The predicted molar refractivity (Wildman–Crippen MR) is 113 cm³/mol. The maximum Gasteiger partial charge on any atom is 0.236 e. The number of anilines is 1. The summed E-state index contributed by atoms with van der Waals surface area (Å²) >= 11 is 0. The summed E-state index contributed by atoms with van der Waals surface area (Å²) in [7, 11) is 0. The SMILES string of the molecule is O=C1C2CC(C(=O)N1CCCCN1CCN(c3ncccn3)CC1)c1ccccc12. The summed E-state index contributed by atoms with van der Waals surface area (Å²) in [6.45, 7) is 5.35. The molecule has 2 atom stereocenters. The largest absolute Gasteiger partial charge is 0.338 e. The number of hydrogen-bond acceptors (Lipinski definition) is 6. The van der Waals surface area contributed by atoms with Gasteiger partial charge < -0.3 is 4.90 Å². The number of hydrogen-bond donors (Lipinski definition) is 0. The van der Waals surface area contributed by atoms with Gasteiger partial charge in [0.05, 0.1) is 11.8 Å². The lowest BCUT2D eigenvalue weighted by Crippen LogP contribution is -2.47. The molecule has 7 heteroatoms. The third kappa shape index (κ3) is 3.47. The maximum atomic E-state index is 12.9. The van der Waals surface area contributed by atoms with E-state index in [0.717, 1.165) is 62.6 Å². The summed E-state index contributed by atoms with van der Waals surface area (Å²) in [5.74, 6) is 0.541. The van der Waals surface area contributed by atoms with Gasteiger partial charge in [-0.05, 0) is 43.0 Å². The Balaban J connectivity index is 1.09. The van der Waals surface area contributed by atoms with Gasteiger partial charge in [-0.1, -0.05) is 24.3 Å². The van der Waals surface area contributed by atoms with Crippen LogP contribution in [0.4, 0.5) is 5.95 Å². The highest BCUT2D eigenvalue weighted by Gasteiger charge is 2.48. The van der Waals surface area contributed by atoms with E-state index < -0.39 is 0 Å². The molecule has 1 aromatic heterocycles. The molecular formula is C23H27N5O2. The van der Waals surface area contributed by atoms with Crippen molar-refractivity contribution in [1.29, 1.82) is 0 Å². The standard InChI is InChI=1S/C23H27N5O2/c29-21-19-16-20(18-7-2-1-6-17(18)19)22(30)28(21)11-4-3-10-26-12-14-27(15-13-26)23-24-8-5-9-25-23/h1-2,5-9,19-20H,3-4,10-16H2. The second-order valence-corrected chi connectivity index (χ2v) is 8.38. The molecule has 156 valence electrons. The van der Waals surface area contributed by atoms with Gasteiger partial charge in [0.25, 0.3) is 0 Å². The van der Waals surface area contributed by atoms with Gasteiger partial charge in [0.1, 0.15) is 0 Å². The van der Waals surface area contributed by atoms with E-state index >= 15 is 0 Å². The van der Waals surface area contributed by atoms with E-state index in [0.29, 0.717) is 13.0 Å². The zero-order chi connectivity index (χ0) is 20.5. The molecule has 2 bridgehead atoms. The van der Waals surface area contributed by atoms with E-state index in [-0.39, 0.29) is 23.7 Å². The minimum absolute atomic E-state index is 0.00215. The fraction of sp³-hybridized carbons (Fsp3) is 0.478. The number of piperidine rings is 1. The van der Waals surface area contributed by atoms with Gasteiger partial charge in [-0.25, -0.2) is 9.97 Å². The smallest absolute Gasteiger partial charge is 0.236 e. The third-order valence-electron chi connectivity index (χ3n) is 6.66. The first kappa shape index (κ1) is 19.2. The number of amides is 2. The van der Waals surface area contributed by atoms with Crippen LogP contribution in [0.1, 0.15) is 42.2 Å². The lowest BCUT2D eigenvalue weighted by molar-refractivity contribution is -0.149. The van der Waals surface area contributed by atoms with Gasteiger partial charge >= 0.3 is 0 Å². The lowest BCUT2D eigenvalue weighted by Gasteiger charge is -2.35. The Kier molecular flexibility index (Phi) is 5.21. The maximum absolute atomic E-state index is 12.9. The van der Waals surface area contributed by atoms with Crippen molar-refractivity contribution >= 4 is 17.8 Å². The fourth-order valence-corrected chi connectivity index (χ4v) is 5.04. The van der Waals surface area contributed by atoms with Gasteiger partial charge in [0.2, 0.25) is 17.8 Å². The first-order chi connectivity index (χ1) is 14.7. The third-order valence-corrected chi connectivity index (χ3v) is 6.66. The van der Waals surface area contributed by atoms with Crippen LogP contribution in [0.25, 0.3) is 0 Å². The molecule has 0 saturated carbocycles. The van der Waals surface area contributed by atoms with Crippen LogP contribution in [0, 0.1) is 0 Å². The van der Waals surface area contributed by atoms with Crippen LogP contribution in [-0.4, -0.2) is 70.9 Å². The number of piperazine rings is 1. The van der Waals surface area contributed by atoms with Crippen molar-refractivity contribution in [1.82, 2.24) is 19.8 Å². The van der Waals surface area contributed by atoms with Crippen molar-refractivity contribution in [3.8, 4) is 0 Å². The van der Waals surface area contributed by atoms with E-state index in [4.69, 9.17) is 0 Å². The molecule has 3 aliphatic rings. The minimum atomic E-state index is -0.128. The van der Waals surface area contributed by atoms with Crippen molar-refractivity contribution in [2.24, 2.45) is 0 Å². The number of nitrogens with zero attached hydrogens (tertiary/aromatic N) is 5. The highest BCUT2D eigenvalue weighted by molar-refractivity contribution is 6.06. The van der Waals surface area contributed by atoms with E-state index in [9.17, 15) is 9.59 Å². The summed E-state index contributed by atoms with van der Waals surface area (Å²) in [4.78, 5) is 40.6. The molecule has 2 aromatic rings. The van der Waals surface area contributed by atoms with Crippen LogP contribution in [-0.2, 0) is 9.59 Å². The Bertz CT molecular complexity index is 885. The molecule has 1 aliphatic carbocycles. The molecule has 7 nitrogen and oxygen atoms in total. The summed E-state index contributed by atoms with van der Waals surface area (Å²) in [5.41, 5.74) is 2.12. The van der Waals surface area contributed by atoms with Crippen molar-refractivity contribution in [3.63, 3.8) is 0 Å². The first-order valence-corrected chi connectivity index (χ1v) is 10.9. The molecule has 0 radical (unpaired) electrons. The lowest BCUT2D eigenvalue weighted by atomic mass is 9.94. The summed E-state index contributed by atoms with van der Waals surface area (Å²) < 4.78 is 0. The zero-order valence-electron chi connectivity index (χ0n) is 17.1. The van der Waals surface area contributed by atoms with Crippen molar-refractivity contribution in [3.05, 3.63) is 53.9 Å². The molecule has 2 fully saturated rings. The van der Waals surface area contributed by atoms with E-state index in [1.807, 2.05) is 30.3 Å². The quantitative estimate of drug-likeness (QED) is 0.541. The second kappa shape index (κ2) is 8.14. The molecule has 1 aromatic carbocycles. The molecule has 2 aliphatic heterocycles. The Morgan fingerprint density at radius 3 is 2.03 bits per heavy atom. The number of rotatable bonds is 6. The van der Waals surface area contributed by atoms with Gasteiger partial charge in [-0.15, -0.1) is 0 Å². The number of benzene rings is 1. The molecule has 2 unspecified atom stereocenters. The first-order valence-electron chi connectivity index (χ1n) is 10.9. The molecular weight excluding hydrogens is 378 g/mol. The second-order valence-electron chi connectivity index (χ2n) is 8.38. The average Bonchev–Trinajstić information content (AvgIpc) is 3.15. The highest BCUT2D eigenvalue weighted by atomic mass is 16.2. The Labute approximate surface area is 176 Å². The Hall–Kier alpha value is -2.80. The number of imide groups is 1. The molecule has 3 heterocycles. The minimum Gasteiger partial charge on any atom is -0.338 e. The zero-order valence-corrected chi connectivity index (χ0v) is 17.1. The molecule has 0 spiro atoms. The number of unbranched alkanes of at least 4 members (excludes halogenated alkanes) is 1. The van der Waals surface area contributed by atoms with Crippen LogP contribution in [0.2, 0.25) is 0 Å². The number of carbonyl (C=O) groups is 2. The molecule has 30 heavy (non-hydrogen) atoms. The van der Waals surface area contributed by atoms with E-state index in [1.54, 1.807) is 12.4 Å². The highest BCUT2D eigenvalue weighted by Crippen LogP contribution is 2.47. The fourth-order valence-electron chi connectivity index (χ4n) is 5.04. The van der Waals surface area contributed by atoms with Gasteiger partial charge in [-0.2, -0.15) is 0 Å². The van der Waals surface area contributed by atoms with Crippen LogP contribution < -0.4 is 4.90 Å². The molecule has 2 saturated heterocycles. The van der Waals surface area contributed by atoms with Crippen LogP contribution in [0.3, 0.4) is 0 Å². The average molecular weight is 406 g/mol. The predicted octanol–water partition coefficient (Wildman–Crippen LogP) is 2.02. The topological polar surface area (TPSA) is 69.6 Å². The van der Waals surface area contributed by atoms with Gasteiger partial charge in [-0.3, -0.25) is 19.4 Å². The monoisotopic (exact) mass is 405 g/mol. The van der Waals surface area contributed by atoms with Gasteiger partial charge in [0.15, 0.2) is 0 Å². The Morgan fingerprint density at radius 1 is 0.800 bits per heavy atom. The van der Waals surface area contributed by atoms with Gasteiger partial charge in [0, 0.05) is 45.1 Å². The summed E-state index contributed by atoms with van der Waals surface area (Å²) in [5, 5.41) is 0. The van der Waals surface area contributed by atoms with E-state index in [2.05, 4.69) is 19.8 Å². The molecule has 2 amide bonds. The van der Waals surface area contributed by atoms with Crippen LogP contribution in [0.5, 0.6) is 0 Å². The number of carbonyl (C=O) groups excluding carboxylic acids is 2. The van der Waals surface area contributed by atoms with Crippen LogP contribution >= 0.6 is 0 Å². The number of fused-ring (bicyclic) bond motifs is 5. The van der Waals surface area contributed by atoms with Crippen molar-refractivity contribution in [2.75, 3.05) is 44.2 Å².